The van der Waals surface area contributed by atoms with Crippen LogP contribution in [0.25, 0.3) is 11.0 Å². The molecule has 1 aliphatic heterocycles. The van der Waals surface area contributed by atoms with E-state index in [0.717, 1.165) is 36.7 Å². The highest BCUT2D eigenvalue weighted by atomic mass is 19.2. The van der Waals surface area contributed by atoms with Crippen LogP contribution in [0.2, 0.25) is 0 Å². The van der Waals surface area contributed by atoms with Gasteiger partial charge in [0, 0.05) is 45.4 Å². The average molecular weight is 359 g/mol. The average Bonchev–Trinajstić information content (AvgIpc) is 2.88. The molecule has 2 aromatic heterocycles. The van der Waals surface area contributed by atoms with Gasteiger partial charge in [0.05, 0.1) is 28.6 Å². The molecule has 26 heavy (non-hydrogen) atoms. The fourth-order valence-corrected chi connectivity index (χ4v) is 3.34. The van der Waals surface area contributed by atoms with Crippen molar-refractivity contribution in [2.45, 2.75) is 6.92 Å². The van der Waals surface area contributed by atoms with Crippen LogP contribution in [0.4, 0.5) is 26.1 Å². The van der Waals surface area contributed by atoms with E-state index in [1.807, 2.05) is 14.0 Å². The predicted octanol–water partition coefficient (Wildman–Crippen LogP) is 1.86. The Labute approximate surface area is 149 Å². The Hall–Kier alpha value is -2.97. The van der Waals surface area contributed by atoms with Gasteiger partial charge >= 0.3 is 0 Å². The first-order valence-corrected chi connectivity index (χ1v) is 8.35. The number of hydrogen-bond acceptors (Lipinski definition) is 6. The largest absolute Gasteiger partial charge is 0.394 e. The Morgan fingerprint density at radius 1 is 1.00 bits per heavy atom. The molecule has 4 rings (SSSR count). The lowest BCUT2D eigenvalue weighted by Gasteiger charge is -2.36. The van der Waals surface area contributed by atoms with Gasteiger partial charge in [-0.2, -0.15) is 5.10 Å². The van der Waals surface area contributed by atoms with Gasteiger partial charge in [-0.15, -0.1) is 0 Å². The van der Waals surface area contributed by atoms with Gasteiger partial charge in [0.2, 0.25) is 0 Å². The molecule has 2 N–H and O–H groups in total. The maximum absolute atomic E-state index is 13.5. The molecule has 1 aromatic carbocycles. The van der Waals surface area contributed by atoms with Gasteiger partial charge in [0.15, 0.2) is 17.5 Å². The van der Waals surface area contributed by atoms with Crippen LogP contribution in [0.1, 0.15) is 5.69 Å². The van der Waals surface area contributed by atoms with Crippen LogP contribution >= 0.6 is 0 Å². The van der Waals surface area contributed by atoms with Gasteiger partial charge in [-0.1, -0.05) is 0 Å². The number of piperazine rings is 1. The van der Waals surface area contributed by atoms with Crippen LogP contribution in [0, 0.1) is 18.6 Å². The number of nitrogens with two attached hydrogens (primary N) is 1. The van der Waals surface area contributed by atoms with Crippen LogP contribution in [0.3, 0.4) is 0 Å². The minimum absolute atomic E-state index is 0.337. The molecular weight excluding hydrogens is 340 g/mol. The van der Waals surface area contributed by atoms with Crippen molar-refractivity contribution in [2.24, 2.45) is 7.05 Å². The van der Waals surface area contributed by atoms with Crippen molar-refractivity contribution in [1.82, 2.24) is 19.7 Å². The Morgan fingerprint density at radius 2 is 1.62 bits per heavy atom. The van der Waals surface area contributed by atoms with Crippen LogP contribution in [-0.4, -0.2) is 45.9 Å². The first-order valence-electron chi connectivity index (χ1n) is 8.35. The maximum atomic E-state index is 13.5. The Morgan fingerprint density at radius 3 is 2.23 bits per heavy atom. The molecule has 1 fully saturated rings. The van der Waals surface area contributed by atoms with E-state index in [0.29, 0.717) is 35.6 Å². The van der Waals surface area contributed by atoms with Gasteiger partial charge in [-0.25, -0.2) is 13.8 Å². The lowest BCUT2D eigenvalue weighted by molar-refractivity contribution is 0.510. The predicted molar refractivity (Wildman–Crippen MR) is 96.2 cm³/mol. The second kappa shape index (κ2) is 6.08. The minimum atomic E-state index is -0.921. The quantitative estimate of drug-likeness (QED) is 0.753. The molecule has 3 aromatic rings. The van der Waals surface area contributed by atoms with Crippen molar-refractivity contribution in [3.63, 3.8) is 0 Å². The molecule has 0 amide bonds. The summed E-state index contributed by atoms with van der Waals surface area (Å²) >= 11 is 0. The van der Waals surface area contributed by atoms with Crippen LogP contribution in [0.5, 0.6) is 0 Å². The van der Waals surface area contributed by atoms with E-state index in [1.165, 1.54) is 0 Å². The summed E-state index contributed by atoms with van der Waals surface area (Å²) in [6.45, 7) is 4.82. The van der Waals surface area contributed by atoms with Crippen LogP contribution < -0.4 is 15.5 Å². The molecular formula is C17H19F2N7. The van der Waals surface area contributed by atoms with Gasteiger partial charge < -0.3 is 15.5 Å². The third-order valence-corrected chi connectivity index (χ3v) is 4.71. The number of hydrogen-bond donors (Lipinski definition) is 1. The number of nitrogens with zero attached hydrogens (tertiary/aromatic N) is 6. The second-order valence-corrected chi connectivity index (χ2v) is 6.40. The second-order valence-electron chi connectivity index (χ2n) is 6.40. The highest BCUT2D eigenvalue weighted by Crippen LogP contribution is 2.27. The number of benzene rings is 1. The van der Waals surface area contributed by atoms with E-state index in [-0.39, 0.29) is 0 Å². The zero-order chi connectivity index (χ0) is 18.4. The number of rotatable bonds is 2. The Bertz CT molecular complexity index is 977. The van der Waals surface area contributed by atoms with E-state index < -0.39 is 11.6 Å². The molecule has 1 saturated heterocycles. The molecule has 0 saturated carbocycles. The first-order chi connectivity index (χ1) is 12.4. The molecule has 0 unspecified atom stereocenters. The van der Waals surface area contributed by atoms with Crippen molar-refractivity contribution < 1.29 is 8.78 Å². The standard InChI is InChI=1S/C17H19F2N7/c1-10-16(20)17(24(2)23-10)26-5-3-25(4-6-26)15-9-21-13-7-11(18)12(19)8-14(13)22-15/h7-9H,3-6,20H2,1-2H3. The van der Waals surface area contributed by atoms with Gasteiger partial charge in [-0.05, 0) is 6.92 Å². The summed E-state index contributed by atoms with van der Waals surface area (Å²) < 4.78 is 28.6. The Balaban J connectivity index is 1.54. The number of nitrogen functional groups attached to an aromatic ring is 1. The summed E-state index contributed by atoms with van der Waals surface area (Å²) in [4.78, 5) is 12.9. The number of aryl methyl sites for hydroxylation is 2. The monoisotopic (exact) mass is 359 g/mol. The van der Waals surface area contributed by atoms with Crippen molar-refractivity contribution >= 4 is 28.4 Å². The van der Waals surface area contributed by atoms with E-state index in [9.17, 15) is 8.78 Å². The zero-order valence-corrected chi connectivity index (χ0v) is 14.6. The molecule has 0 spiro atoms. The lowest BCUT2D eigenvalue weighted by Crippen LogP contribution is -2.47. The molecule has 1 aliphatic rings. The smallest absolute Gasteiger partial charge is 0.161 e. The SMILES string of the molecule is Cc1nn(C)c(N2CCN(c3cnc4cc(F)c(F)cc4n3)CC2)c1N. The highest BCUT2D eigenvalue weighted by Gasteiger charge is 2.23. The lowest BCUT2D eigenvalue weighted by atomic mass is 10.2. The maximum Gasteiger partial charge on any atom is 0.161 e. The summed E-state index contributed by atoms with van der Waals surface area (Å²) in [7, 11) is 1.88. The van der Waals surface area contributed by atoms with Gasteiger partial charge in [0.25, 0.3) is 0 Å². The van der Waals surface area contributed by atoms with Crippen molar-refractivity contribution in [2.75, 3.05) is 41.7 Å². The molecule has 0 aliphatic carbocycles. The number of halogens is 2. The van der Waals surface area contributed by atoms with Gasteiger partial charge in [-0.3, -0.25) is 9.67 Å². The fraction of sp³-hybridized carbons (Fsp3) is 0.353. The van der Waals surface area contributed by atoms with Crippen LogP contribution in [-0.2, 0) is 7.05 Å². The molecule has 3 heterocycles. The first kappa shape index (κ1) is 16.5. The molecule has 0 bridgehead atoms. The molecule has 7 nitrogen and oxygen atoms in total. The number of aromatic nitrogens is 4. The Kier molecular flexibility index (Phi) is 3.86. The number of anilines is 3. The molecule has 136 valence electrons. The normalized spacial score (nSPS) is 15.1. The summed E-state index contributed by atoms with van der Waals surface area (Å²) in [5.41, 5.74) is 8.34. The third kappa shape index (κ3) is 2.69. The molecule has 9 heteroatoms. The third-order valence-electron chi connectivity index (χ3n) is 4.71. The minimum Gasteiger partial charge on any atom is -0.394 e. The van der Waals surface area contributed by atoms with E-state index in [2.05, 4.69) is 24.9 Å². The van der Waals surface area contributed by atoms with Crippen molar-refractivity contribution in [3.05, 3.63) is 35.7 Å². The van der Waals surface area contributed by atoms with Crippen LogP contribution in [0.15, 0.2) is 18.3 Å². The summed E-state index contributed by atoms with van der Waals surface area (Å²) in [5, 5.41) is 4.36. The topological polar surface area (TPSA) is 76.1 Å². The van der Waals surface area contributed by atoms with Crippen molar-refractivity contribution in [1.29, 1.82) is 0 Å². The van der Waals surface area contributed by atoms with Crippen molar-refractivity contribution in [3.8, 4) is 0 Å². The van der Waals surface area contributed by atoms with Gasteiger partial charge in [0.1, 0.15) is 5.82 Å². The van der Waals surface area contributed by atoms with E-state index in [4.69, 9.17) is 5.73 Å². The van der Waals surface area contributed by atoms with E-state index in [1.54, 1.807) is 10.9 Å². The zero-order valence-electron chi connectivity index (χ0n) is 14.6. The number of fused-ring (bicyclic) bond motifs is 1. The van der Waals surface area contributed by atoms with E-state index >= 15 is 0 Å². The summed E-state index contributed by atoms with van der Waals surface area (Å²) in [5.74, 6) is -0.269. The fourth-order valence-electron chi connectivity index (χ4n) is 3.34. The summed E-state index contributed by atoms with van der Waals surface area (Å²) in [6.07, 6.45) is 1.60. The molecule has 0 atom stereocenters. The summed E-state index contributed by atoms with van der Waals surface area (Å²) in [6, 6.07) is 2.14. The highest BCUT2D eigenvalue weighted by molar-refractivity contribution is 5.76. The molecule has 0 radical (unpaired) electrons.